The van der Waals surface area contributed by atoms with Gasteiger partial charge in [-0.1, -0.05) is 6.92 Å². The molecule has 0 atom stereocenters. The van der Waals surface area contributed by atoms with Gasteiger partial charge in [0.15, 0.2) is 11.6 Å². The number of hydrogen-bond acceptors (Lipinski definition) is 6. The lowest BCUT2D eigenvalue weighted by Gasteiger charge is -2.35. The molecule has 0 bridgehead atoms. The van der Waals surface area contributed by atoms with Crippen LogP contribution in [0.1, 0.15) is 13.3 Å². The first-order chi connectivity index (χ1) is 9.74. The zero-order valence-corrected chi connectivity index (χ0v) is 11.8. The third-order valence-corrected chi connectivity index (χ3v) is 3.35. The number of piperazine rings is 1. The van der Waals surface area contributed by atoms with E-state index in [9.17, 15) is 4.39 Å². The summed E-state index contributed by atoms with van der Waals surface area (Å²) in [5, 5.41) is 12.0. The van der Waals surface area contributed by atoms with Gasteiger partial charge in [0.05, 0.1) is 12.8 Å². The van der Waals surface area contributed by atoms with Gasteiger partial charge in [-0.2, -0.15) is 4.98 Å². The van der Waals surface area contributed by atoms with Gasteiger partial charge in [0.2, 0.25) is 5.95 Å². The second kappa shape index (κ2) is 7.35. The van der Waals surface area contributed by atoms with E-state index < -0.39 is 0 Å². The molecule has 0 unspecified atom stereocenters. The van der Waals surface area contributed by atoms with Crippen molar-refractivity contribution in [3.63, 3.8) is 0 Å². The first-order valence-electron chi connectivity index (χ1n) is 7.09. The molecule has 1 aromatic heterocycles. The lowest BCUT2D eigenvalue weighted by molar-refractivity contribution is 0.188. The molecule has 2 N–H and O–H groups in total. The maximum Gasteiger partial charge on any atom is 0.224 e. The van der Waals surface area contributed by atoms with Crippen LogP contribution >= 0.6 is 0 Å². The largest absolute Gasteiger partial charge is 0.395 e. The van der Waals surface area contributed by atoms with E-state index in [2.05, 4.69) is 27.1 Å². The molecular formula is C13H22FN5O. The van der Waals surface area contributed by atoms with Crippen molar-refractivity contribution in [3.05, 3.63) is 12.0 Å². The smallest absolute Gasteiger partial charge is 0.224 e. The zero-order chi connectivity index (χ0) is 14.4. The van der Waals surface area contributed by atoms with Crippen LogP contribution < -0.4 is 10.2 Å². The second-order valence-electron chi connectivity index (χ2n) is 4.84. The van der Waals surface area contributed by atoms with Crippen LogP contribution in [-0.2, 0) is 0 Å². The highest BCUT2D eigenvalue weighted by atomic mass is 19.1. The Bertz CT molecular complexity index is 423. The first kappa shape index (κ1) is 14.9. The molecule has 1 fully saturated rings. The van der Waals surface area contributed by atoms with Crippen molar-refractivity contribution in [1.82, 2.24) is 14.9 Å². The third kappa shape index (κ3) is 3.77. The molecule has 0 saturated carbocycles. The van der Waals surface area contributed by atoms with Crippen LogP contribution in [0.25, 0.3) is 0 Å². The number of aromatic nitrogens is 2. The first-order valence-corrected chi connectivity index (χ1v) is 7.09. The van der Waals surface area contributed by atoms with Crippen molar-refractivity contribution in [1.29, 1.82) is 0 Å². The molecule has 2 heterocycles. The van der Waals surface area contributed by atoms with E-state index in [0.717, 1.165) is 26.1 Å². The number of anilines is 2. The Balaban J connectivity index is 2.01. The summed E-state index contributed by atoms with van der Waals surface area (Å²) in [4.78, 5) is 12.3. The minimum absolute atomic E-state index is 0.160. The van der Waals surface area contributed by atoms with E-state index in [0.29, 0.717) is 31.4 Å². The van der Waals surface area contributed by atoms with E-state index in [1.165, 1.54) is 6.20 Å². The minimum Gasteiger partial charge on any atom is -0.395 e. The lowest BCUT2D eigenvalue weighted by Crippen LogP contribution is -2.47. The molecule has 7 heteroatoms. The second-order valence-corrected chi connectivity index (χ2v) is 4.84. The maximum atomic E-state index is 13.9. The summed E-state index contributed by atoms with van der Waals surface area (Å²) >= 11 is 0. The number of halogens is 1. The van der Waals surface area contributed by atoms with Gasteiger partial charge in [-0.15, -0.1) is 0 Å². The Morgan fingerprint density at radius 1 is 1.35 bits per heavy atom. The predicted octanol–water partition coefficient (Wildman–Crippen LogP) is 0.552. The molecule has 1 aromatic rings. The Hall–Kier alpha value is -1.47. The van der Waals surface area contributed by atoms with E-state index in [1.54, 1.807) is 0 Å². The van der Waals surface area contributed by atoms with Gasteiger partial charge >= 0.3 is 0 Å². The highest BCUT2D eigenvalue weighted by molar-refractivity contribution is 5.44. The molecular weight excluding hydrogens is 261 g/mol. The van der Waals surface area contributed by atoms with Crippen LogP contribution in [0.2, 0.25) is 0 Å². The van der Waals surface area contributed by atoms with Gasteiger partial charge in [-0.3, -0.25) is 4.90 Å². The highest BCUT2D eigenvalue weighted by Crippen LogP contribution is 2.19. The quantitative estimate of drug-likeness (QED) is 0.795. The van der Waals surface area contributed by atoms with Crippen LogP contribution in [0.3, 0.4) is 0 Å². The monoisotopic (exact) mass is 283 g/mol. The van der Waals surface area contributed by atoms with Crippen molar-refractivity contribution in [2.24, 2.45) is 0 Å². The molecule has 0 amide bonds. The van der Waals surface area contributed by atoms with E-state index in [-0.39, 0.29) is 12.4 Å². The Labute approximate surface area is 118 Å². The minimum atomic E-state index is -0.386. The fraction of sp³-hybridized carbons (Fsp3) is 0.692. The molecule has 20 heavy (non-hydrogen) atoms. The van der Waals surface area contributed by atoms with Gasteiger partial charge in [0.25, 0.3) is 0 Å². The van der Waals surface area contributed by atoms with Crippen molar-refractivity contribution in [2.75, 3.05) is 56.1 Å². The van der Waals surface area contributed by atoms with Crippen LogP contribution in [0, 0.1) is 5.82 Å². The molecule has 0 radical (unpaired) electrons. The number of aliphatic hydroxyl groups is 1. The van der Waals surface area contributed by atoms with Crippen molar-refractivity contribution < 1.29 is 9.50 Å². The average molecular weight is 283 g/mol. The van der Waals surface area contributed by atoms with Crippen LogP contribution in [-0.4, -0.2) is 65.8 Å². The van der Waals surface area contributed by atoms with Crippen LogP contribution in [0.5, 0.6) is 0 Å². The number of rotatable bonds is 6. The van der Waals surface area contributed by atoms with Crippen LogP contribution in [0.4, 0.5) is 16.2 Å². The SMILES string of the molecule is CCCNc1ncc(F)c(N2CCN(CCO)CC2)n1. The van der Waals surface area contributed by atoms with Gasteiger partial charge in [-0.25, -0.2) is 9.37 Å². The van der Waals surface area contributed by atoms with Gasteiger partial charge in [0.1, 0.15) is 0 Å². The molecule has 1 aliphatic heterocycles. The molecule has 6 nitrogen and oxygen atoms in total. The number of nitrogens with zero attached hydrogens (tertiary/aromatic N) is 4. The summed E-state index contributed by atoms with van der Waals surface area (Å²) in [5.41, 5.74) is 0. The standard InChI is InChI=1S/C13H22FN5O/c1-2-3-15-13-16-10-11(14)12(17-13)19-6-4-18(5-7-19)8-9-20/h10,20H,2-9H2,1H3,(H,15,16,17). The number of β-amino-alcohol motifs (C(OH)–C–C–N with tert-alkyl or cyclic N) is 1. The molecule has 112 valence electrons. The van der Waals surface area contributed by atoms with Crippen LogP contribution in [0.15, 0.2) is 6.20 Å². The van der Waals surface area contributed by atoms with Crippen molar-refractivity contribution >= 4 is 11.8 Å². The number of nitrogens with one attached hydrogen (secondary N) is 1. The fourth-order valence-corrected chi connectivity index (χ4v) is 2.23. The summed E-state index contributed by atoms with van der Waals surface area (Å²) in [6, 6.07) is 0. The molecule has 1 saturated heterocycles. The van der Waals surface area contributed by atoms with Crippen molar-refractivity contribution in [3.8, 4) is 0 Å². The highest BCUT2D eigenvalue weighted by Gasteiger charge is 2.20. The van der Waals surface area contributed by atoms with Gasteiger partial charge < -0.3 is 15.3 Å². The average Bonchev–Trinajstić information content (AvgIpc) is 2.48. The fourth-order valence-electron chi connectivity index (χ4n) is 2.23. The molecule has 0 aliphatic carbocycles. The molecule has 0 spiro atoms. The summed E-state index contributed by atoms with van der Waals surface area (Å²) in [6.45, 7) is 6.69. The molecule has 2 rings (SSSR count). The van der Waals surface area contributed by atoms with Crippen molar-refractivity contribution in [2.45, 2.75) is 13.3 Å². The van der Waals surface area contributed by atoms with Gasteiger partial charge in [0, 0.05) is 39.3 Å². The maximum absolute atomic E-state index is 13.9. The topological polar surface area (TPSA) is 64.5 Å². The lowest BCUT2D eigenvalue weighted by atomic mass is 10.3. The summed E-state index contributed by atoms with van der Waals surface area (Å²) in [7, 11) is 0. The summed E-state index contributed by atoms with van der Waals surface area (Å²) in [5.74, 6) is 0.450. The summed E-state index contributed by atoms with van der Waals surface area (Å²) < 4.78 is 13.9. The Morgan fingerprint density at radius 3 is 2.75 bits per heavy atom. The normalized spacial score (nSPS) is 16.4. The Morgan fingerprint density at radius 2 is 2.10 bits per heavy atom. The zero-order valence-electron chi connectivity index (χ0n) is 11.8. The predicted molar refractivity (Wildman–Crippen MR) is 76.5 cm³/mol. The number of aliphatic hydroxyl groups excluding tert-OH is 1. The molecule has 0 aromatic carbocycles. The van der Waals surface area contributed by atoms with Gasteiger partial charge in [-0.05, 0) is 6.42 Å². The summed E-state index contributed by atoms with van der Waals surface area (Å²) in [6.07, 6.45) is 2.19. The van der Waals surface area contributed by atoms with E-state index in [1.807, 2.05) is 4.90 Å². The van der Waals surface area contributed by atoms with E-state index in [4.69, 9.17) is 5.11 Å². The number of hydrogen-bond donors (Lipinski definition) is 2. The van der Waals surface area contributed by atoms with E-state index >= 15 is 0 Å². The Kier molecular flexibility index (Phi) is 5.49. The third-order valence-electron chi connectivity index (χ3n) is 3.35. The molecule has 1 aliphatic rings.